The molecule has 0 fully saturated rings. The molecule has 2 N–H and O–H groups in total. The van der Waals surface area contributed by atoms with E-state index in [1.54, 1.807) is 0 Å². The monoisotopic (exact) mass is 312 g/mol. The van der Waals surface area contributed by atoms with Crippen molar-refractivity contribution in [3.05, 3.63) is 27.4 Å². The van der Waals surface area contributed by atoms with Crippen LogP contribution in [0.4, 0.5) is 5.69 Å². The van der Waals surface area contributed by atoms with E-state index in [2.05, 4.69) is 31.0 Å². The predicted octanol–water partition coefficient (Wildman–Crippen LogP) is 0.144. The number of tetrazole rings is 1. The zero-order valence-corrected chi connectivity index (χ0v) is 12.8. The first-order valence-electron chi connectivity index (χ1n) is 6.39. The van der Waals surface area contributed by atoms with Crippen LogP contribution < -0.4 is 10.9 Å². The number of aromatic nitrogens is 6. The lowest BCUT2D eigenvalue weighted by molar-refractivity contribution is 0.367. The summed E-state index contributed by atoms with van der Waals surface area (Å²) in [5, 5.41) is 20.8. The van der Waals surface area contributed by atoms with Gasteiger partial charge in [-0.05, 0) is 21.0 Å². The Hall–Kier alpha value is -2.00. The zero-order valence-electron chi connectivity index (χ0n) is 12.0. The molecule has 0 aliphatic rings. The Morgan fingerprint density at radius 3 is 2.90 bits per heavy atom. The van der Waals surface area contributed by atoms with Crippen LogP contribution in [0.3, 0.4) is 0 Å². The van der Waals surface area contributed by atoms with Crippen molar-refractivity contribution in [2.24, 2.45) is 0 Å². The quantitative estimate of drug-likeness (QED) is 0.782. The van der Waals surface area contributed by atoms with Gasteiger partial charge in [-0.25, -0.2) is 4.68 Å². The van der Waals surface area contributed by atoms with Gasteiger partial charge in [0.15, 0.2) is 5.82 Å². The fourth-order valence-corrected chi connectivity index (χ4v) is 1.87. The van der Waals surface area contributed by atoms with E-state index in [4.69, 9.17) is 11.6 Å². The number of rotatable bonds is 6. The van der Waals surface area contributed by atoms with Crippen LogP contribution in [0.25, 0.3) is 0 Å². The van der Waals surface area contributed by atoms with Crippen molar-refractivity contribution in [2.75, 3.05) is 26.0 Å². The van der Waals surface area contributed by atoms with E-state index in [1.807, 2.05) is 25.9 Å². The normalized spacial score (nSPS) is 12.6. The Labute approximate surface area is 126 Å². The van der Waals surface area contributed by atoms with E-state index in [0.29, 0.717) is 24.6 Å². The number of nitrogens with zero attached hydrogens (tertiary/aromatic N) is 6. The van der Waals surface area contributed by atoms with Gasteiger partial charge in [0, 0.05) is 6.54 Å². The maximum absolute atomic E-state index is 12.1. The molecule has 0 aromatic carbocycles. The molecule has 0 bridgehead atoms. The molecule has 21 heavy (non-hydrogen) atoms. The zero-order chi connectivity index (χ0) is 15.4. The molecule has 10 heteroatoms. The summed E-state index contributed by atoms with van der Waals surface area (Å²) in [6.45, 7) is 3.01. The molecule has 9 nitrogen and oxygen atoms in total. The largest absolute Gasteiger partial charge is 0.373 e. The topological polar surface area (TPSA) is 105 Å². The van der Waals surface area contributed by atoms with Crippen molar-refractivity contribution in [3.8, 4) is 0 Å². The summed E-state index contributed by atoms with van der Waals surface area (Å²) in [5.41, 5.74) is 0.115. The third-order valence-electron chi connectivity index (χ3n) is 2.86. The van der Waals surface area contributed by atoms with E-state index in [-0.39, 0.29) is 16.6 Å². The average molecular weight is 313 g/mol. The van der Waals surface area contributed by atoms with Gasteiger partial charge < -0.3 is 10.2 Å². The molecular formula is C11H17ClN8O. The molecule has 0 saturated carbocycles. The minimum Gasteiger partial charge on any atom is -0.373 e. The van der Waals surface area contributed by atoms with Gasteiger partial charge in [-0.2, -0.15) is 10.3 Å². The number of anilines is 1. The van der Waals surface area contributed by atoms with Gasteiger partial charge >= 0.3 is 0 Å². The van der Waals surface area contributed by atoms with Crippen LogP contribution in [0.5, 0.6) is 0 Å². The molecule has 0 amide bonds. The number of hydrogen-bond donors (Lipinski definition) is 2. The second-order valence-electron chi connectivity index (χ2n) is 4.84. The minimum absolute atomic E-state index is 0.0964. The smallest absolute Gasteiger partial charge is 0.287 e. The number of aromatic amines is 1. The number of likely N-dealkylation sites (N-methyl/N-ethyl adjacent to an activating group) is 1. The van der Waals surface area contributed by atoms with Gasteiger partial charge in [-0.15, -0.1) is 10.2 Å². The molecular weight excluding hydrogens is 296 g/mol. The SMILES string of the molecule is CC(Nc1cnn(CCN(C)C)c(=O)c1Cl)c1nn[nH]n1. The molecule has 2 rings (SSSR count). The molecule has 2 heterocycles. The summed E-state index contributed by atoms with van der Waals surface area (Å²) in [6.07, 6.45) is 1.52. The predicted molar refractivity (Wildman–Crippen MR) is 78.3 cm³/mol. The van der Waals surface area contributed by atoms with Crippen LogP contribution in [0.1, 0.15) is 18.8 Å². The molecule has 2 aromatic heterocycles. The second-order valence-corrected chi connectivity index (χ2v) is 5.22. The van der Waals surface area contributed by atoms with Crippen LogP contribution in [0.15, 0.2) is 11.0 Å². The lowest BCUT2D eigenvalue weighted by atomic mass is 10.3. The molecule has 0 aliphatic heterocycles. The summed E-state index contributed by atoms with van der Waals surface area (Å²) in [6, 6.07) is -0.250. The summed E-state index contributed by atoms with van der Waals surface area (Å²) in [4.78, 5) is 14.1. The van der Waals surface area contributed by atoms with Crippen LogP contribution in [-0.2, 0) is 6.54 Å². The molecule has 2 aromatic rings. The molecule has 0 radical (unpaired) electrons. The number of H-pyrrole nitrogens is 1. The highest BCUT2D eigenvalue weighted by Crippen LogP contribution is 2.20. The summed E-state index contributed by atoms with van der Waals surface area (Å²) in [5.74, 6) is 0.475. The van der Waals surface area contributed by atoms with Gasteiger partial charge in [-0.1, -0.05) is 16.8 Å². The Kier molecular flexibility index (Phi) is 4.86. The van der Waals surface area contributed by atoms with Crippen molar-refractivity contribution in [2.45, 2.75) is 19.5 Å². The Bertz CT molecular complexity index is 638. The van der Waals surface area contributed by atoms with Crippen LogP contribution in [0.2, 0.25) is 5.02 Å². The third-order valence-corrected chi connectivity index (χ3v) is 3.23. The number of hydrogen-bond acceptors (Lipinski definition) is 7. The van der Waals surface area contributed by atoms with Gasteiger partial charge in [0.05, 0.1) is 24.5 Å². The third kappa shape index (κ3) is 3.76. The van der Waals surface area contributed by atoms with E-state index in [1.165, 1.54) is 10.9 Å². The summed E-state index contributed by atoms with van der Waals surface area (Å²) < 4.78 is 1.34. The Balaban J connectivity index is 2.15. The van der Waals surface area contributed by atoms with Crippen LogP contribution >= 0.6 is 11.6 Å². The first-order chi connectivity index (χ1) is 9.99. The molecule has 1 unspecified atom stereocenters. The second kappa shape index (κ2) is 6.64. The molecule has 0 aliphatic carbocycles. The van der Waals surface area contributed by atoms with E-state index in [9.17, 15) is 4.79 Å². The van der Waals surface area contributed by atoms with E-state index < -0.39 is 0 Å². The van der Waals surface area contributed by atoms with Crippen molar-refractivity contribution in [3.63, 3.8) is 0 Å². The van der Waals surface area contributed by atoms with Crippen molar-refractivity contribution in [1.82, 2.24) is 35.3 Å². The van der Waals surface area contributed by atoms with Gasteiger partial charge in [0.2, 0.25) is 0 Å². The highest BCUT2D eigenvalue weighted by Gasteiger charge is 2.15. The highest BCUT2D eigenvalue weighted by atomic mass is 35.5. The fraction of sp³-hybridized carbons (Fsp3) is 0.545. The summed E-state index contributed by atoms with van der Waals surface area (Å²) >= 11 is 6.11. The Morgan fingerprint density at radius 2 is 2.29 bits per heavy atom. The minimum atomic E-state index is -0.330. The van der Waals surface area contributed by atoms with E-state index >= 15 is 0 Å². The molecule has 0 saturated heterocycles. The average Bonchev–Trinajstić information content (AvgIpc) is 2.97. The number of halogens is 1. The van der Waals surface area contributed by atoms with Gasteiger partial charge in [0.1, 0.15) is 5.02 Å². The van der Waals surface area contributed by atoms with Crippen LogP contribution in [0, 0.1) is 0 Å². The summed E-state index contributed by atoms with van der Waals surface area (Å²) in [7, 11) is 3.85. The highest BCUT2D eigenvalue weighted by molar-refractivity contribution is 6.32. The molecule has 1 atom stereocenters. The number of nitrogens with one attached hydrogen (secondary N) is 2. The lowest BCUT2D eigenvalue weighted by Crippen LogP contribution is -2.29. The van der Waals surface area contributed by atoms with Crippen molar-refractivity contribution in [1.29, 1.82) is 0 Å². The Morgan fingerprint density at radius 1 is 1.52 bits per heavy atom. The van der Waals surface area contributed by atoms with Gasteiger partial charge in [0.25, 0.3) is 5.56 Å². The lowest BCUT2D eigenvalue weighted by Gasteiger charge is -2.14. The first kappa shape index (κ1) is 15.4. The van der Waals surface area contributed by atoms with Crippen molar-refractivity contribution < 1.29 is 0 Å². The molecule has 0 spiro atoms. The van der Waals surface area contributed by atoms with E-state index in [0.717, 1.165) is 0 Å². The maximum Gasteiger partial charge on any atom is 0.287 e. The fourth-order valence-electron chi connectivity index (χ4n) is 1.67. The van der Waals surface area contributed by atoms with Crippen LogP contribution in [-0.4, -0.2) is 55.9 Å². The van der Waals surface area contributed by atoms with Gasteiger partial charge in [-0.3, -0.25) is 4.79 Å². The first-order valence-corrected chi connectivity index (χ1v) is 6.77. The maximum atomic E-state index is 12.1. The standard InChI is InChI=1S/C11H17ClN8O/c1-7(10-15-17-18-16-10)14-8-6-13-20(5-4-19(2)3)11(21)9(8)12/h6-7,14H,4-5H2,1-3H3,(H,15,16,17,18). The van der Waals surface area contributed by atoms with Crippen molar-refractivity contribution >= 4 is 17.3 Å². The molecule has 114 valence electrons.